The van der Waals surface area contributed by atoms with E-state index in [-0.39, 0.29) is 6.61 Å². The van der Waals surface area contributed by atoms with Crippen LogP contribution in [0, 0.1) is 0 Å². The molecule has 2 heterocycles. The SMILES string of the molecule is C[Si](C)(C)CCOCn1c(CO)cc2c1-c1ccccc1Sc1ccccc1-2. The van der Waals surface area contributed by atoms with Crippen molar-refractivity contribution in [2.75, 3.05) is 6.61 Å². The van der Waals surface area contributed by atoms with Crippen LogP contribution < -0.4 is 0 Å². The molecule has 0 unspecified atom stereocenters. The maximum absolute atomic E-state index is 10.0. The summed E-state index contributed by atoms with van der Waals surface area (Å²) in [5.41, 5.74) is 5.63. The number of aliphatic hydroxyl groups is 1. The summed E-state index contributed by atoms with van der Waals surface area (Å²) in [5, 5.41) is 10.0. The Balaban J connectivity index is 1.80. The van der Waals surface area contributed by atoms with Crippen molar-refractivity contribution in [2.45, 2.75) is 48.8 Å². The Hall–Kier alpha value is -1.79. The van der Waals surface area contributed by atoms with Crippen LogP contribution in [0.15, 0.2) is 64.4 Å². The topological polar surface area (TPSA) is 34.4 Å². The summed E-state index contributed by atoms with van der Waals surface area (Å²) in [6.07, 6.45) is 0. The van der Waals surface area contributed by atoms with Gasteiger partial charge in [-0.25, -0.2) is 0 Å². The molecular weight excluding hydrogens is 382 g/mol. The van der Waals surface area contributed by atoms with Gasteiger partial charge in [-0.3, -0.25) is 0 Å². The summed E-state index contributed by atoms with van der Waals surface area (Å²) < 4.78 is 8.24. The molecule has 0 amide bonds. The number of ether oxygens (including phenoxy) is 1. The van der Waals surface area contributed by atoms with Crippen molar-refractivity contribution in [2.24, 2.45) is 0 Å². The van der Waals surface area contributed by atoms with Crippen molar-refractivity contribution in [1.82, 2.24) is 4.57 Å². The summed E-state index contributed by atoms with van der Waals surface area (Å²) in [5.74, 6) is 0. The van der Waals surface area contributed by atoms with Crippen molar-refractivity contribution in [3.8, 4) is 22.4 Å². The Kier molecular flexibility index (Phi) is 5.52. The third kappa shape index (κ3) is 3.85. The van der Waals surface area contributed by atoms with Crippen LogP contribution in [0.1, 0.15) is 5.69 Å². The van der Waals surface area contributed by atoms with Gasteiger partial charge in [-0.05, 0) is 29.8 Å². The van der Waals surface area contributed by atoms with Crippen molar-refractivity contribution in [3.63, 3.8) is 0 Å². The van der Waals surface area contributed by atoms with Crippen LogP contribution in [0.5, 0.6) is 0 Å². The van der Waals surface area contributed by atoms with Gasteiger partial charge in [0.05, 0.1) is 12.3 Å². The van der Waals surface area contributed by atoms with Gasteiger partial charge in [0, 0.05) is 41.3 Å². The van der Waals surface area contributed by atoms with Crippen LogP contribution in [0.3, 0.4) is 0 Å². The predicted molar refractivity (Wildman–Crippen MR) is 119 cm³/mol. The number of hydrogen-bond donors (Lipinski definition) is 1. The third-order valence-electron chi connectivity index (χ3n) is 5.10. The van der Waals surface area contributed by atoms with E-state index in [9.17, 15) is 5.11 Å². The monoisotopic (exact) mass is 409 g/mol. The van der Waals surface area contributed by atoms with E-state index in [1.807, 2.05) is 11.8 Å². The number of benzene rings is 2. The molecule has 28 heavy (non-hydrogen) atoms. The van der Waals surface area contributed by atoms with Crippen LogP contribution >= 0.6 is 11.8 Å². The molecule has 4 rings (SSSR count). The van der Waals surface area contributed by atoms with Gasteiger partial charge in [0.25, 0.3) is 0 Å². The van der Waals surface area contributed by atoms with Gasteiger partial charge in [-0.15, -0.1) is 0 Å². The second kappa shape index (κ2) is 7.91. The molecule has 0 bridgehead atoms. The quantitative estimate of drug-likeness (QED) is 0.309. The largest absolute Gasteiger partial charge is 0.390 e. The Labute approximate surface area is 172 Å². The molecule has 0 saturated carbocycles. The second-order valence-corrected chi connectivity index (χ2v) is 15.1. The highest BCUT2D eigenvalue weighted by Crippen LogP contribution is 2.48. The van der Waals surface area contributed by atoms with E-state index in [0.29, 0.717) is 6.73 Å². The van der Waals surface area contributed by atoms with E-state index < -0.39 is 8.07 Å². The lowest BCUT2D eigenvalue weighted by Gasteiger charge is -2.18. The van der Waals surface area contributed by atoms with Crippen molar-refractivity contribution >= 4 is 19.8 Å². The van der Waals surface area contributed by atoms with Crippen LogP contribution in [-0.2, 0) is 18.1 Å². The lowest BCUT2D eigenvalue weighted by molar-refractivity contribution is 0.0836. The first-order valence-electron chi connectivity index (χ1n) is 9.75. The molecule has 3 nitrogen and oxygen atoms in total. The summed E-state index contributed by atoms with van der Waals surface area (Å²) in [6.45, 7) is 8.32. The highest BCUT2D eigenvalue weighted by Gasteiger charge is 2.25. The molecule has 0 saturated heterocycles. The number of rotatable bonds is 6. The van der Waals surface area contributed by atoms with E-state index in [2.05, 4.69) is 78.8 Å². The van der Waals surface area contributed by atoms with Crippen LogP contribution in [0.2, 0.25) is 25.7 Å². The number of aliphatic hydroxyl groups excluding tert-OH is 1. The van der Waals surface area contributed by atoms with Crippen LogP contribution in [0.25, 0.3) is 22.4 Å². The van der Waals surface area contributed by atoms with Gasteiger partial charge in [-0.2, -0.15) is 0 Å². The summed E-state index contributed by atoms with van der Waals surface area (Å²) in [6, 6.07) is 20.3. The molecule has 3 aromatic rings. The first-order chi connectivity index (χ1) is 13.5. The Morgan fingerprint density at radius 2 is 1.57 bits per heavy atom. The fourth-order valence-corrected chi connectivity index (χ4v) is 5.41. The Morgan fingerprint density at radius 3 is 2.25 bits per heavy atom. The Bertz CT molecular complexity index is 991. The molecule has 1 aromatic heterocycles. The van der Waals surface area contributed by atoms with E-state index in [0.717, 1.165) is 24.0 Å². The molecule has 0 aliphatic carbocycles. The minimum atomic E-state index is -1.13. The highest BCUT2D eigenvalue weighted by molar-refractivity contribution is 7.99. The van der Waals surface area contributed by atoms with E-state index in [1.165, 1.54) is 26.5 Å². The third-order valence-corrected chi connectivity index (χ3v) is 7.96. The van der Waals surface area contributed by atoms with Gasteiger partial charge < -0.3 is 14.4 Å². The Morgan fingerprint density at radius 1 is 0.929 bits per heavy atom. The molecule has 0 atom stereocenters. The van der Waals surface area contributed by atoms with E-state index in [4.69, 9.17) is 4.74 Å². The van der Waals surface area contributed by atoms with Gasteiger partial charge in [-0.1, -0.05) is 67.8 Å². The first kappa shape index (κ1) is 19.5. The number of fused-ring (bicyclic) bond motifs is 5. The molecule has 0 radical (unpaired) electrons. The van der Waals surface area contributed by atoms with Crippen LogP contribution in [-0.4, -0.2) is 24.4 Å². The normalized spacial score (nSPS) is 12.9. The fraction of sp³-hybridized carbons (Fsp3) is 0.304. The highest BCUT2D eigenvalue weighted by atomic mass is 32.2. The standard InChI is InChI=1S/C23H27NO2SSi/c1-28(2,3)13-12-26-16-24-17(15-25)14-20-18-8-4-6-10-21(18)27-22-11-7-5-9-19(22)23(20)24/h4-11,14,25H,12-13,15-16H2,1-3H3. The maximum Gasteiger partial charge on any atom is 0.123 e. The predicted octanol–water partition coefficient (Wildman–Crippen LogP) is 6.09. The zero-order chi connectivity index (χ0) is 19.7. The maximum atomic E-state index is 10.0. The molecule has 1 aliphatic rings. The fourth-order valence-electron chi connectivity index (χ4n) is 3.56. The van der Waals surface area contributed by atoms with Crippen molar-refractivity contribution < 1.29 is 9.84 Å². The van der Waals surface area contributed by atoms with Gasteiger partial charge >= 0.3 is 0 Å². The molecular formula is C23H27NO2SSi. The van der Waals surface area contributed by atoms with Crippen molar-refractivity contribution in [1.29, 1.82) is 0 Å². The molecule has 0 spiro atoms. The average Bonchev–Trinajstić information content (AvgIpc) is 2.97. The molecule has 1 aliphatic heterocycles. The van der Waals surface area contributed by atoms with Crippen LogP contribution in [0.4, 0.5) is 0 Å². The average molecular weight is 410 g/mol. The minimum Gasteiger partial charge on any atom is -0.390 e. The summed E-state index contributed by atoms with van der Waals surface area (Å²) in [4.78, 5) is 2.48. The van der Waals surface area contributed by atoms with Gasteiger partial charge in [0.2, 0.25) is 0 Å². The lowest BCUT2D eigenvalue weighted by atomic mass is 10.0. The summed E-state index contributed by atoms with van der Waals surface area (Å²) in [7, 11) is -1.13. The molecule has 2 aromatic carbocycles. The first-order valence-corrected chi connectivity index (χ1v) is 14.3. The van der Waals surface area contributed by atoms with Gasteiger partial charge in [0.1, 0.15) is 6.73 Å². The molecule has 146 valence electrons. The molecule has 1 N–H and O–H groups in total. The number of hydrogen-bond acceptors (Lipinski definition) is 3. The zero-order valence-corrected chi connectivity index (χ0v) is 18.6. The minimum absolute atomic E-state index is 0.00184. The van der Waals surface area contributed by atoms with E-state index in [1.54, 1.807) is 0 Å². The smallest absolute Gasteiger partial charge is 0.123 e. The number of nitrogens with zero attached hydrogens (tertiary/aromatic N) is 1. The van der Waals surface area contributed by atoms with E-state index >= 15 is 0 Å². The van der Waals surface area contributed by atoms with Gasteiger partial charge in [0.15, 0.2) is 0 Å². The zero-order valence-electron chi connectivity index (χ0n) is 16.7. The molecule has 0 fully saturated rings. The molecule has 5 heteroatoms. The van der Waals surface area contributed by atoms with Crippen molar-refractivity contribution in [3.05, 3.63) is 60.3 Å². The lowest BCUT2D eigenvalue weighted by Crippen LogP contribution is -2.22. The second-order valence-electron chi connectivity index (χ2n) is 8.43. The summed E-state index contributed by atoms with van der Waals surface area (Å²) >= 11 is 1.81. The number of aromatic nitrogens is 1.